The SMILES string of the molecule is C=C[Si](CC)(CC)N(C(C)(C)C)C(C)(C)C. The summed E-state index contributed by atoms with van der Waals surface area (Å²) in [6.07, 6.45) is 0. The number of hydrogen-bond acceptors (Lipinski definition) is 1. The summed E-state index contributed by atoms with van der Waals surface area (Å²) in [7, 11) is -1.52. The van der Waals surface area contributed by atoms with Crippen LogP contribution in [-0.4, -0.2) is 23.9 Å². The number of rotatable bonds is 4. The molecule has 96 valence electrons. The molecule has 0 aromatic rings. The van der Waals surface area contributed by atoms with Gasteiger partial charge in [-0.05, 0) is 53.6 Å². The summed E-state index contributed by atoms with van der Waals surface area (Å²) in [4.78, 5) is 0. The Labute approximate surface area is 104 Å². The van der Waals surface area contributed by atoms with Crippen LogP contribution in [0.3, 0.4) is 0 Å². The van der Waals surface area contributed by atoms with E-state index in [2.05, 4.69) is 72.2 Å². The topological polar surface area (TPSA) is 3.24 Å². The van der Waals surface area contributed by atoms with Crippen LogP contribution in [-0.2, 0) is 0 Å². The van der Waals surface area contributed by atoms with Crippen molar-refractivity contribution in [2.24, 2.45) is 0 Å². The first kappa shape index (κ1) is 15.9. The zero-order valence-electron chi connectivity index (χ0n) is 12.6. The normalized spacial score (nSPS) is 14.3. The minimum absolute atomic E-state index is 0.213. The highest BCUT2D eigenvalue weighted by molar-refractivity contribution is 6.82. The van der Waals surface area contributed by atoms with E-state index in [0.29, 0.717) is 0 Å². The van der Waals surface area contributed by atoms with Gasteiger partial charge in [0.15, 0.2) is 8.24 Å². The van der Waals surface area contributed by atoms with E-state index >= 15 is 0 Å². The van der Waals surface area contributed by atoms with Gasteiger partial charge in [-0.15, -0.1) is 6.58 Å². The molecule has 16 heavy (non-hydrogen) atoms. The van der Waals surface area contributed by atoms with Crippen LogP contribution in [0.1, 0.15) is 55.4 Å². The van der Waals surface area contributed by atoms with Gasteiger partial charge < -0.3 is 4.57 Å². The van der Waals surface area contributed by atoms with E-state index in [-0.39, 0.29) is 11.1 Å². The molecule has 0 aliphatic carbocycles. The molecule has 0 aliphatic heterocycles. The van der Waals surface area contributed by atoms with E-state index < -0.39 is 8.24 Å². The molecule has 0 N–H and O–H groups in total. The summed E-state index contributed by atoms with van der Waals surface area (Å²) >= 11 is 0. The van der Waals surface area contributed by atoms with Crippen molar-refractivity contribution in [1.82, 2.24) is 4.57 Å². The third kappa shape index (κ3) is 3.20. The Morgan fingerprint density at radius 3 is 1.31 bits per heavy atom. The van der Waals surface area contributed by atoms with Crippen LogP contribution in [0.2, 0.25) is 12.1 Å². The molecule has 0 radical (unpaired) electrons. The van der Waals surface area contributed by atoms with Gasteiger partial charge >= 0.3 is 0 Å². The highest BCUT2D eigenvalue weighted by Crippen LogP contribution is 2.35. The Bertz CT molecular complexity index is 214. The number of hydrogen-bond donors (Lipinski definition) is 0. The second-order valence-electron chi connectivity index (χ2n) is 6.69. The van der Waals surface area contributed by atoms with E-state index in [4.69, 9.17) is 0 Å². The van der Waals surface area contributed by atoms with Crippen molar-refractivity contribution < 1.29 is 0 Å². The fourth-order valence-electron chi connectivity index (χ4n) is 3.29. The molecule has 0 saturated heterocycles. The predicted molar refractivity (Wildman–Crippen MR) is 78.3 cm³/mol. The molecule has 2 heteroatoms. The van der Waals surface area contributed by atoms with Gasteiger partial charge in [0.25, 0.3) is 0 Å². The van der Waals surface area contributed by atoms with Crippen LogP contribution >= 0.6 is 0 Å². The first-order valence-electron chi connectivity index (χ1n) is 6.49. The number of nitrogens with zero attached hydrogens (tertiary/aromatic N) is 1. The second-order valence-corrected chi connectivity index (χ2v) is 11.2. The molecule has 0 atom stereocenters. The molecular formula is C14H31NSi. The van der Waals surface area contributed by atoms with Crippen molar-refractivity contribution in [1.29, 1.82) is 0 Å². The lowest BCUT2D eigenvalue weighted by molar-refractivity contribution is 0.126. The minimum Gasteiger partial charge on any atom is -0.311 e. The Kier molecular flexibility index (Phi) is 5.02. The summed E-state index contributed by atoms with van der Waals surface area (Å²) < 4.78 is 2.75. The van der Waals surface area contributed by atoms with Gasteiger partial charge in [-0.2, -0.15) is 0 Å². The molecule has 1 nitrogen and oxygen atoms in total. The molecule has 0 rings (SSSR count). The van der Waals surface area contributed by atoms with E-state index in [1.165, 1.54) is 12.1 Å². The molecule has 0 bridgehead atoms. The maximum atomic E-state index is 4.14. The van der Waals surface area contributed by atoms with Crippen molar-refractivity contribution in [2.45, 2.75) is 78.6 Å². The van der Waals surface area contributed by atoms with Gasteiger partial charge in [-0.3, -0.25) is 0 Å². The van der Waals surface area contributed by atoms with Gasteiger partial charge in [0.1, 0.15) is 0 Å². The molecule has 0 aromatic heterocycles. The first-order valence-corrected chi connectivity index (χ1v) is 8.93. The maximum absolute atomic E-state index is 4.14. The summed E-state index contributed by atoms with van der Waals surface area (Å²) in [5.41, 5.74) is 2.71. The molecule has 0 amide bonds. The molecule has 0 aromatic carbocycles. The largest absolute Gasteiger partial charge is 0.311 e. The molecule has 0 aliphatic rings. The third-order valence-corrected chi connectivity index (χ3v) is 8.83. The van der Waals surface area contributed by atoms with E-state index in [9.17, 15) is 0 Å². The van der Waals surface area contributed by atoms with Gasteiger partial charge in [0, 0.05) is 11.1 Å². The van der Waals surface area contributed by atoms with Gasteiger partial charge in [-0.25, -0.2) is 0 Å². The van der Waals surface area contributed by atoms with Gasteiger partial charge in [-0.1, -0.05) is 19.5 Å². The molecule has 0 heterocycles. The van der Waals surface area contributed by atoms with Gasteiger partial charge in [0.05, 0.1) is 0 Å². The first-order chi connectivity index (χ1) is 7.05. The standard InChI is InChI=1S/C14H31NSi/c1-10-16(11-2,12-3)15(13(4,5)6)14(7,8)9/h10H,1,11-12H2,2-9H3. The summed E-state index contributed by atoms with van der Waals surface area (Å²) in [5, 5.41) is 0. The van der Waals surface area contributed by atoms with Crippen LogP contribution in [0.4, 0.5) is 0 Å². The molecular weight excluding hydrogens is 210 g/mol. The molecule has 0 spiro atoms. The predicted octanol–water partition coefficient (Wildman–Crippen LogP) is 4.60. The van der Waals surface area contributed by atoms with E-state index in [0.717, 1.165) is 0 Å². The zero-order chi connectivity index (χ0) is 13.2. The van der Waals surface area contributed by atoms with Crippen molar-refractivity contribution in [3.05, 3.63) is 12.3 Å². The van der Waals surface area contributed by atoms with Crippen LogP contribution in [0.5, 0.6) is 0 Å². The van der Waals surface area contributed by atoms with Crippen molar-refractivity contribution in [2.75, 3.05) is 0 Å². The lowest BCUT2D eigenvalue weighted by Crippen LogP contribution is -2.66. The Balaban J connectivity index is 5.58. The Morgan fingerprint density at radius 2 is 1.25 bits per heavy atom. The summed E-state index contributed by atoms with van der Waals surface area (Å²) in [6, 6.07) is 2.50. The second kappa shape index (κ2) is 5.05. The van der Waals surface area contributed by atoms with Crippen molar-refractivity contribution in [3.8, 4) is 0 Å². The Hall–Kier alpha value is -0.0831. The van der Waals surface area contributed by atoms with Crippen LogP contribution < -0.4 is 0 Å². The van der Waals surface area contributed by atoms with Crippen LogP contribution in [0, 0.1) is 0 Å². The maximum Gasteiger partial charge on any atom is 0.152 e. The molecule has 0 unspecified atom stereocenters. The lowest BCUT2D eigenvalue weighted by Gasteiger charge is -2.55. The van der Waals surface area contributed by atoms with Crippen molar-refractivity contribution in [3.63, 3.8) is 0 Å². The zero-order valence-corrected chi connectivity index (χ0v) is 13.6. The van der Waals surface area contributed by atoms with Crippen LogP contribution in [0.25, 0.3) is 0 Å². The minimum atomic E-state index is -1.52. The van der Waals surface area contributed by atoms with E-state index in [1.54, 1.807) is 0 Å². The highest BCUT2D eigenvalue weighted by Gasteiger charge is 2.45. The highest BCUT2D eigenvalue weighted by atomic mass is 28.3. The van der Waals surface area contributed by atoms with Crippen LogP contribution in [0.15, 0.2) is 12.3 Å². The third-order valence-electron chi connectivity index (χ3n) is 3.39. The quantitative estimate of drug-likeness (QED) is 0.650. The van der Waals surface area contributed by atoms with Gasteiger partial charge in [0.2, 0.25) is 0 Å². The fraction of sp³-hybridized carbons (Fsp3) is 0.857. The smallest absolute Gasteiger partial charge is 0.152 e. The van der Waals surface area contributed by atoms with E-state index in [1.807, 2.05) is 0 Å². The summed E-state index contributed by atoms with van der Waals surface area (Å²) in [5.74, 6) is 0. The average Bonchev–Trinajstić information content (AvgIpc) is 2.10. The van der Waals surface area contributed by atoms with Crippen molar-refractivity contribution >= 4 is 8.24 Å². The molecule has 0 fully saturated rings. The monoisotopic (exact) mass is 241 g/mol. The summed E-state index contributed by atoms with van der Waals surface area (Å²) in [6.45, 7) is 22.8. The fourth-order valence-corrected chi connectivity index (χ4v) is 7.85. The average molecular weight is 241 g/mol. The molecule has 0 saturated carbocycles. The Morgan fingerprint density at radius 1 is 0.938 bits per heavy atom. The lowest BCUT2D eigenvalue weighted by atomic mass is 10.0.